The molecule has 2 fully saturated rings. The minimum atomic E-state index is -1.73. The molecule has 0 aliphatic heterocycles. The molecule has 0 saturated heterocycles. The van der Waals surface area contributed by atoms with Gasteiger partial charge in [0.1, 0.15) is 17.2 Å². The van der Waals surface area contributed by atoms with Gasteiger partial charge in [0.25, 0.3) is 0 Å². The Balaban J connectivity index is 1.52. The van der Waals surface area contributed by atoms with Crippen LogP contribution in [-0.2, 0) is 0 Å². The van der Waals surface area contributed by atoms with Crippen molar-refractivity contribution >= 4 is 16.7 Å². The SMILES string of the molecule is CCCCCC1CCC2CC(c3cc(F)c4c(F)c(C(=O)O)c(F)cc4c3)CCC2C1. The number of hydrogen-bond acceptors (Lipinski definition) is 1. The van der Waals surface area contributed by atoms with Crippen molar-refractivity contribution in [3.8, 4) is 0 Å². The van der Waals surface area contributed by atoms with Crippen molar-refractivity contribution in [1.29, 1.82) is 0 Å². The van der Waals surface area contributed by atoms with E-state index in [0.29, 0.717) is 5.92 Å². The molecule has 2 aromatic carbocycles. The van der Waals surface area contributed by atoms with Gasteiger partial charge in [0.2, 0.25) is 0 Å². The van der Waals surface area contributed by atoms with Crippen LogP contribution in [0.5, 0.6) is 0 Å². The number of hydrogen-bond donors (Lipinski definition) is 1. The van der Waals surface area contributed by atoms with Crippen LogP contribution >= 0.6 is 0 Å². The summed E-state index contributed by atoms with van der Waals surface area (Å²) in [6.07, 6.45) is 12.1. The van der Waals surface area contributed by atoms with Crippen LogP contribution in [0.15, 0.2) is 18.2 Å². The lowest BCUT2D eigenvalue weighted by Gasteiger charge is -2.42. The second kappa shape index (κ2) is 9.22. The molecule has 0 spiro atoms. The van der Waals surface area contributed by atoms with Crippen molar-refractivity contribution in [3.63, 3.8) is 0 Å². The predicted octanol–water partition coefficient (Wildman–Crippen LogP) is 7.84. The average Bonchev–Trinajstić information content (AvgIpc) is 2.72. The highest BCUT2D eigenvalue weighted by Gasteiger charge is 2.36. The van der Waals surface area contributed by atoms with Crippen LogP contribution in [-0.4, -0.2) is 11.1 Å². The van der Waals surface area contributed by atoms with Crippen molar-refractivity contribution in [2.75, 3.05) is 0 Å². The smallest absolute Gasteiger partial charge is 0.341 e. The zero-order valence-electron chi connectivity index (χ0n) is 18.1. The number of rotatable bonds is 6. The number of unbranched alkanes of at least 4 members (excludes halogenated alkanes) is 2. The molecule has 0 aromatic heterocycles. The number of carbonyl (C=O) groups is 1. The summed E-state index contributed by atoms with van der Waals surface area (Å²) in [4.78, 5) is 11.1. The van der Waals surface area contributed by atoms with Gasteiger partial charge in [0.05, 0.1) is 5.39 Å². The Morgan fingerprint density at radius 2 is 1.71 bits per heavy atom. The Labute approximate surface area is 181 Å². The van der Waals surface area contributed by atoms with Crippen LogP contribution in [0.2, 0.25) is 0 Å². The van der Waals surface area contributed by atoms with Gasteiger partial charge >= 0.3 is 5.97 Å². The molecule has 4 unspecified atom stereocenters. The molecule has 1 N–H and O–H groups in total. The molecule has 168 valence electrons. The summed E-state index contributed by atoms with van der Waals surface area (Å²) in [6, 6.07) is 3.93. The van der Waals surface area contributed by atoms with E-state index >= 15 is 0 Å². The van der Waals surface area contributed by atoms with E-state index < -0.39 is 34.4 Å². The molecule has 0 amide bonds. The van der Waals surface area contributed by atoms with Gasteiger partial charge < -0.3 is 5.11 Å². The first-order valence-corrected chi connectivity index (χ1v) is 11.7. The van der Waals surface area contributed by atoms with E-state index in [2.05, 4.69) is 6.92 Å². The topological polar surface area (TPSA) is 37.3 Å². The maximum atomic E-state index is 14.8. The first-order valence-electron chi connectivity index (χ1n) is 11.7. The molecule has 31 heavy (non-hydrogen) atoms. The van der Waals surface area contributed by atoms with Crippen molar-refractivity contribution in [2.45, 2.75) is 77.0 Å². The van der Waals surface area contributed by atoms with Crippen LogP contribution < -0.4 is 0 Å². The predicted molar refractivity (Wildman–Crippen MR) is 116 cm³/mol. The third-order valence-corrected chi connectivity index (χ3v) is 7.73. The van der Waals surface area contributed by atoms with Crippen molar-refractivity contribution in [2.24, 2.45) is 17.8 Å². The maximum absolute atomic E-state index is 14.8. The monoisotopic (exact) mass is 432 g/mol. The quantitative estimate of drug-likeness (QED) is 0.472. The average molecular weight is 433 g/mol. The van der Waals surface area contributed by atoms with Gasteiger partial charge in [-0.05, 0) is 78.9 Å². The summed E-state index contributed by atoms with van der Waals surface area (Å²) in [6.45, 7) is 2.24. The fourth-order valence-corrected chi connectivity index (χ4v) is 6.10. The highest BCUT2D eigenvalue weighted by molar-refractivity contribution is 5.96. The number of fused-ring (bicyclic) bond motifs is 2. The number of halogens is 3. The van der Waals surface area contributed by atoms with E-state index in [9.17, 15) is 18.0 Å². The van der Waals surface area contributed by atoms with Gasteiger partial charge in [-0.3, -0.25) is 0 Å². The molecule has 2 nitrogen and oxygen atoms in total. The molecule has 5 heteroatoms. The van der Waals surface area contributed by atoms with E-state index in [4.69, 9.17) is 5.11 Å². The lowest BCUT2D eigenvalue weighted by Crippen LogP contribution is -2.30. The second-order valence-corrected chi connectivity index (χ2v) is 9.66. The number of carboxylic acid groups (broad SMARTS) is 1. The third-order valence-electron chi connectivity index (χ3n) is 7.73. The highest BCUT2D eigenvalue weighted by atomic mass is 19.1. The molecule has 2 aromatic rings. The molecule has 0 heterocycles. The Kier molecular flexibility index (Phi) is 6.59. The fraction of sp³-hybridized carbons (Fsp3) is 0.577. The van der Waals surface area contributed by atoms with Gasteiger partial charge in [-0.15, -0.1) is 0 Å². The van der Waals surface area contributed by atoms with Crippen LogP contribution in [0.3, 0.4) is 0 Å². The number of aromatic carboxylic acids is 1. The summed E-state index contributed by atoms with van der Waals surface area (Å²) >= 11 is 0. The summed E-state index contributed by atoms with van der Waals surface area (Å²) in [7, 11) is 0. The van der Waals surface area contributed by atoms with Crippen LogP contribution in [0.1, 0.15) is 93.0 Å². The number of benzene rings is 2. The molecule has 0 radical (unpaired) electrons. The summed E-state index contributed by atoms with van der Waals surface area (Å²) in [5.74, 6) is -2.63. The van der Waals surface area contributed by atoms with E-state index in [1.165, 1.54) is 51.0 Å². The molecule has 4 rings (SSSR count). The normalized spacial score (nSPS) is 26.1. The number of carboxylic acids is 1. The summed E-state index contributed by atoms with van der Waals surface area (Å²) < 4.78 is 43.5. The molecule has 2 saturated carbocycles. The van der Waals surface area contributed by atoms with E-state index in [0.717, 1.165) is 42.7 Å². The molecule has 4 atom stereocenters. The van der Waals surface area contributed by atoms with Crippen molar-refractivity contribution in [3.05, 3.63) is 46.8 Å². The lowest BCUT2D eigenvalue weighted by molar-refractivity contribution is 0.0687. The van der Waals surface area contributed by atoms with Crippen LogP contribution in [0.25, 0.3) is 10.8 Å². The maximum Gasteiger partial charge on any atom is 0.341 e. The van der Waals surface area contributed by atoms with E-state index in [1.54, 1.807) is 6.07 Å². The first-order chi connectivity index (χ1) is 14.9. The van der Waals surface area contributed by atoms with E-state index in [1.807, 2.05) is 0 Å². The van der Waals surface area contributed by atoms with Gasteiger partial charge in [-0.25, -0.2) is 18.0 Å². The van der Waals surface area contributed by atoms with Gasteiger partial charge in [0, 0.05) is 0 Å². The first kappa shape index (κ1) is 22.2. The standard InChI is InChI=1S/C26H31F3O2/c1-2-3-4-5-15-6-7-17-11-18(9-8-16(17)10-15)19-12-20-14-22(28)24(26(30)31)25(29)23(20)21(27)13-19/h12-18H,2-11H2,1H3,(H,30,31). The van der Waals surface area contributed by atoms with Gasteiger partial charge in [-0.1, -0.05) is 45.1 Å². The second-order valence-electron chi connectivity index (χ2n) is 9.66. The fourth-order valence-electron chi connectivity index (χ4n) is 6.10. The molecule has 2 aliphatic rings. The van der Waals surface area contributed by atoms with Crippen molar-refractivity contribution < 1.29 is 23.1 Å². The largest absolute Gasteiger partial charge is 0.477 e. The summed E-state index contributed by atoms with van der Waals surface area (Å²) in [5, 5.41) is 8.70. The van der Waals surface area contributed by atoms with Gasteiger partial charge in [-0.2, -0.15) is 0 Å². The minimum Gasteiger partial charge on any atom is -0.477 e. The Hall–Kier alpha value is -2.04. The molecular weight excluding hydrogens is 401 g/mol. The zero-order valence-corrected chi connectivity index (χ0v) is 18.1. The van der Waals surface area contributed by atoms with Crippen LogP contribution in [0.4, 0.5) is 13.2 Å². The van der Waals surface area contributed by atoms with Gasteiger partial charge in [0.15, 0.2) is 5.82 Å². The van der Waals surface area contributed by atoms with Crippen LogP contribution in [0, 0.1) is 35.2 Å². The Morgan fingerprint density at radius 3 is 2.45 bits per heavy atom. The Bertz CT molecular complexity index is 971. The van der Waals surface area contributed by atoms with E-state index in [-0.39, 0.29) is 11.3 Å². The molecular formula is C26H31F3O2. The lowest BCUT2D eigenvalue weighted by atomic mass is 9.63. The highest BCUT2D eigenvalue weighted by Crippen LogP contribution is 2.49. The molecule has 2 aliphatic carbocycles. The van der Waals surface area contributed by atoms with Crippen molar-refractivity contribution in [1.82, 2.24) is 0 Å². The minimum absolute atomic E-state index is 0.0942. The summed E-state index contributed by atoms with van der Waals surface area (Å²) in [5.41, 5.74) is -0.328. The molecule has 0 bridgehead atoms. The Morgan fingerprint density at radius 1 is 0.968 bits per heavy atom. The third kappa shape index (κ3) is 4.47. The zero-order chi connectivity index (χ0) is 22.1.